The van der Waals surface area contributed by atoms with E-state index in [1.807, 2.05) is 30.3 Å². The van der Waals surface area contributed by atoms with Gasteiger partial charge in [0.25, 0.3) is 0 Å². The third kappa shape index (κ3) is 5.51. The molecule has 0 fully saturated rings. The first kappa shape index (κ1) is 24.2. The number of carbonyl (C=O) groups excluding carboxylic acids is 1. The monoisotopic (exact) mass is 498 g/mol. The van der Waals surface area contributed by atoms with E-state index in [1.165, 1.54) is 24.5 Å². The zero-order valence-electron chi connectivity index (χ0n) is 20.8. The Hall–Kier alpha value is -4.52. The van der Waals surface area contributed by atoms with Gasteiger partial charge in [0.1, 0.15) is 36.6 Å². The summed E-state index contributed by atoms with van der Waals surface area (Å²) < 4.78 is 27.8. The number of esters is 1. The summed E-state index contributed by atoms with van der Waals surface area (Å²) in [4.78, 5) is 25.3. The Kier molecular flexibility index (Phi) is 6.44. The van der Waals surface area contributed by atoms with E-state index in [1.54, 1.807) is 24.3 Å². The molecule has 0 atom stereocenters. The summed E-state index contributed by atoms with van der Waals surface area (Å²) in [7, 11) is 0. The molecule has 1 aliphatic heterocycles. The van der Waals surface area contributed by atoms with Gasteiger partial charge < -0.3 is 23.4 Å². The Morgan fingerprint density at radius 2 is 1.62 bits per heavy atom. The third-order valence-corrected chi connectivity index (χ3v) is 5.86. The lowest BCUT2D eigenvalue weighted by Gasteiger charge is -2.19. The highest BCUT2D eigenvalue weighted by Gasteiger charge is 2.15. The Balaban J connectivity index is 1.28. The van der Waals surface area contributed by atoms with E-state index in [4.69, 9.17) is 23.4 Å². The lowest BCUT2D eigenvalue weighted by molar-refractivity contribution is -0.128. The average Bonchev–Trinajstić information content (AvgIpc) is 2.89. The molecule has 0 spiro atoms. The minimum atomic E-state index is -0.574. The second kappa shape index (κ2) is 9.85. The highest BCUT2D eigenvalue weighted by atomic mass is 16.6. The predicted molar refractivity (Wildman–Crippen MR) is 140 cm³/mol. The molecule has 0 saturated heterocycles. The molecule has 0 amide bonds. The number of rotatable bonds is 5. The number of fused-ring (bicyclic) bond motifs is 2. The standard InChI is InChI=1S/C30H26O7/c1-30(2,3)20-6-8-21(9-7-20)36-27-18-35-25-17-22(10-11-23(25)29(27)32)37-28(31)13-5-19-4-12-24-26(16-19)34-15-14-33-24/h4-13,16-18H,14-15H2,1-3H3/b13-5+. The summed E-state index contributed by atoms with van der Waals surface area (Å²) in [6.45, 7) is 7.38. The number of benzene rings is 3. The van der Waals surface area contributed by atoms with Gasteiger partial charge in [0.2, 0.25) is 11.2 Å². The van der Waals surface area contributed by atoms with Gasteiger partial charge in [-0.25, -0.2) is 4.79 Å². The van der Waals surface area contributed by atoms with Crippen LogP contribution in [0.15, 0.2) is 82.2 Å². The van der Waals surface area contributed by atoms with Gasteiger partial charge in [0, 0.05) is 12.1 Å². The maximum absolute atomic E-state index is 12.9. The van der Waals surface area contributed by atoms with Crippen molar-refractivity contribution in [1.82, 2.24) is 0 Å². The molecule has 37 heavy (non-hydrogen) atoms. The molecule has 1 aromatic heterocycles. The lowest BCUT2D eigenvalue weighted by atomic mass is 9.87. The summed E-state index contributed by atoms with van der Waals surface area (Å²) >= 11 is 0. The fourth-order valence-electron chi connectivity index (χ4n) is 3.85. The summed E-state index contributed by atoms with van der Waals surface area (Å²) in [5, 5.41) is 0.315. The molecule has 0 aliphatic carbocycles. The highest BCUT2D eigenvalue weighted by Crippen LogP contribution is 2.31. The first-order chi connectivity index (χ1) is 17.8. The van der Waals surface area contributed by atoms with Crippen LogP contribution >= 0.6 is 0 Å². The summed E-state index contributed by atoms with van der Waals surface area (Å²) in [6.07, 6.45) is 4.20. The maximum Gasteiger partial charge on any atom is 0.336 e. The van der Waals surface area contributed by atoms with Crippen molar-refractivity contribution < 1.29 is 28.2 Å². The van der Waals surface area contributed by atoms with Crippen molar-refractivity contribution in [3.05, 3.63) is 94.4 Å². The molecule has 0 bridgehead atoms. The fourth-order valence-corrected chi connectivity index (χ4v) is 3.85. The molecule has 188 valence electrons. The molecule has 0 unspecified atom stereocenters. The number of hydrogen-bond acceptors (Lipinski definition) is 7. The smallest absolute Gasteiger partial charge is 0.336 e. The van der Waals surface area contributed by atoms with Crippen molar-refractivity contribution in [1.29, 1.82) is 0 Å². The van der Waals surface area contributed by atoms with Gasteiger partial charge in [0.05, 0.1) is 5.39 Å². The molecular formula is C30H26O7. The first-order valence-corrected chi connectivity index (χ1v) is 11.9. The normalized spacial score (nSPS) is 13.1. The van der Waals surface area contributed by atoms with Crippen molar-refractivity contribution in [2.45, 2.75) is 26.2 Å². The first-order valence-electron chi connectivity index (χ1n) is 11.9. The second-order valence-corrected chi connectivity index (χ2v) is 9.62. The Bertz CT molecular complexity index is 1540. The Morgan fingerprint density at radius 3 is 2.38 bits per heavy atom. The van der Waals surface area contributed by atoms with Gasteiger partial charge in [-0.05, 0) is 59.0 Å². The van der Waals surface area contributed by atoms with Crippen LogP contribution in [0, 0.1) is 0 Å². The Morgan fingerprint density at radius 1 is 0.892 bits per heavy atom. The molecule has 2 heterocycles. The molecule has 5 rings (SSSR count). The van der Waals surface area contributed by atoms with Gasteiger partial charge in [-0.2, -0.15) is 0 Å². The molecule has 0 saturated carbocycles. The SMILES string of the molecule is CC(C)(C)c1ccc(Oc2coc3cc(OC(=O)/C=C/c4ccc5c(c4)OCCO5)ccc3c2=O)cc1. The third-order valence-electron chi connectivity index (χ3n) is 5.86. The predicted octanol–water partition coefficient (Wildman–Crippen LogP) is 6.27. The van der Waals surface area contributed by atoms with Crippen molar-refractivity contribution >= 4 is 23.0 Å². The molecule has 7 nitrogen and oxygen atoms in total. The van der Waals surface area contributed by atoms with Gasteiger partial charge in [0.15, 0.2) is 11.5 Å². The van der Waals surface area contributed by atoms with E-state index in [0.29, 0.717) is 35.8 Å². The zero-order chi connectivity index (χ0) is 26.0. The van der Waals surface area contributed by atoms with E-state index >= 15 is 0 Å². The van der Waals surface area contributed by atoms with E-state index in [-0.39, 0.29) is 27.9 Å². The van der Waals surface area contributed by atoms with Crippen LogP contribution in [0.2, 0.25) is 0 Å². The van der Waals surface area contributed by atoms with Crippen LogP contribution in [0.4, 0.5) is 0 Å². The van der Waals surface area contributed by atoms with Crippen LogP contribution < -0.4 is 24.4 Å². The molecule has 0 radical (unpaired) electrons. The molecular weight excluding hydrogens is 472 g/mol. The minimum Gasteiger partial charge on any atom is -0.486 e. The topological polar surface area (TPSA) is 84.2 Å². The molecule has 3 aromatic carbocycles. The van der Waals surface area contributed by atoms with E-state index in [0.717, 1.165) is 11.1 Å². The van der Waals surface area contributed by atoms with Gasteiger partial charge >= 0.3 is 5.97 Å². The van der Waals surface area contributed by atoms with Gasteiger partial charge in [-0.1, -0.05) is 39.0 Å². The quantitative estimate of drug-likeness (QED) is 0.182. The lowest BCUT2D eigenvalue weighted by Crippen LogP contribution is -2.15. The highest BCUT2D eigenvalue weighted by molar-refractivity contribution is 5.89. The molecule has 4 aromatic rings. The summed E-state index contributed by atoms with van der Waals surface area (Å²) in [5.41, 5.74) is 1.90. The second-order valence-electron chi connectivity index (χ2n) is 9.62. The van der Waals surface area contributed by atoms with Crippen LogP contribution in [0.3, 0.4) is 0 Å². The van der Waals surface area contributed by atoms with Crippen LogP contribution in [0.5, 0.6) is 28.7 Å². The summed E-state index contributed by atoms with van der Waals surface area (Å²) in [6, 6.07) is 17.6. The summed E-state index contributed by atoms with van der Waals surface area (Å²) in [5.74, 6) is 1.60. The van der Waals surface area contributed by atoms with Crippen LogP contribution in [0.25, 0.3) is 17.0 Å². The number of carbonyl (C=O) groups is 1. The molecule has 0 N–H and O–H groups in total. The molecule has 7 heteroatoms. The maximum atomic E-state index is 12.9. The minimum absolute atomic E-state index is 0.0167. The van der Waals surface area contributed by atoms with Crippen LogP contribution in [-0.2, 0) is 10.2 Å². The number of ether oxygens (including phenoxy) is 4. The van der Waals surface area contributed by atoms with E-state index in [2.05, 4.69) is 20.8 Å². The Labute approximate surface area is 213 Å². The van der Waals surface area contributed by atoms with Crippen LogP contribution in [-0.4, -0.2) is 19.2 Å². The zero-order valence-corrected chi connectivity index (χ0v) is 20.8. The van der Waals surface area contributed by atoms with Crippen molar-refractivity contribution in [3.8, 4) is 28.7 Å². The van der Waals surface area contributed by atoms with Crippen LogP contribution in [0.1, 0.15) is 31.9 Å². The van der Waals surface area contributed by atoms with Crippen molar-refractivity contribution in [2.24, 2.45) is 0 Å². The van der Waals surface area contributed by atoms with E-state index < -0.39 is 5.97 Å². The van der Waals surface area contributed by atoms with Gasteiger partial charge in [-0.3, -0.25) is 4.79 Å². The fraction of sp³-hybridized carbons (Fsp3) is 0.200. The van der Waals surface area contributed by atoms with E-state index in [9.17, 15) is 9.59 Å². The van der Waals surface area contributed by atoms with Gasteiger partial charge in [-0.15, -0.1) is 0 Å². The van der Waals surface area contributed by atoms with Crippen molar-refractivity contribution in [2.75, 3.05) is 13.2 Å². The van der Waals surface area contributed by atoms with Crippen molar-refractivity contribution in [3.63, 3.8) is 0 Å². The largest absolute Gasteiger partial charge is 0.486 e. The number of hydrogen-bond donors (Lipinski definition) is 0. The molecule has 1 aliphatic rings. The average molecular weight is 499 g/mol.